The summed E-state index contributed by atoms with van der Waals surface area (Å²) in [6.07, 6.45) is 3.02. The van der Waals surface area contributed by atoms with E-state index in [0.717, 1.165) is 12.2 Å². The molecule has 0 fully saturated rings. The maximum Gasteiger partial charge on any atom is 0.274 e. The molecule has 1 aromatic heterocycles. The van der Waals surface area contributed by atoms with E-state index < -0.39 is 0 Å². The summed E-state index contributed by atoms with van der Waals surface area (Å²) in [7, 11) is 1.99. The number of hydrogen-bond acceptors (Lipinski definition) is 3. The fraction of sp³-hybridized carbons (Fsp3) is 0.158. The van der Waals surface area contributed by atoms with E-state index >= 15 is 0 Å². The van der Waals surface area contributed by atoms with Crippen LogP contribution in [-0.4, -0.2) is 29.1 Å². The van der Waals surface area contributed by atoms with Crippen LogP contribution in [-0.2, 0) is 0 Å². The van der Waals surface area contributed by atoms with Crippen LogP contribution in [0, 0.1) is 5.82 Å². The SMILES string of the molecule is CCN(C)c1cccc(NC(=O)c2cncn2-c2ccc(F)cc2)c1. The lowest BCUT2D eigenvalue weighted by molar-refractivity contribution is 0.102. The summed E-state index contributed by atoms with van der Waals surface area (Å²) >= 11 is 0. The molecule has 3 rings (SSSR count). The van der Waals surface area contributed by atoms with Gasteiger partial charge >= 0.3 is 0 Å². The van der Waals surface area contributed by atoms with Crippen LogP contribution in [0.15, 0.2) is 61.1 Å². The maximum absolute atomic E-state index is 13.1. The fourth-order valence-corrected chi connectivity index (χ4v) is 2.47. The third-order valence-corrected chi connectivity index (χ3v) is 4.00. The third-order valence-electron chi connectivity index (χ3n) is 4.00. The van der Waals surface area contributed by atoms with Crippen LogP contribution in [0.4, 0.5) is 15.8 Å². The van der Waals surface area contributed by atoms with Gasteiger partial charge in [-0.05, 0) is 49.4 Å². The molecule has 128 valence electrons. The van der Waals surface area contributed by atoms with Crippen molar-refractivity contribution in [3.05, 3.63) is 72.6 Å². The average molecular weight is 338 g/mol. The largest absolute Gasteiger partial charge is 0.375 e. The van der Waals surface area contributed by atoms with Crippen LogP contribution in [0.2, 0.25) is 0 Å². The Morgan fingerprint density at radius 1 is 1.24 bits per heavy atom. The van der Waals surface area contributed by atoms with Crippen molar-refractivity contribution in [3.8, 4) is 5.69 Å². The number of hydrogen-bond donors (Lipinski definition) is 1. The number of rotatable bonds is 5. The fourth-order valence-electron chi connectivity index (χ4n) is 2.47. The molecule has 0 aliphatic rings. The molecule has 0 radical (unpaired) electrons. The lowest BCUT2D eigenvalue weighted by atomic mass is 10.2. The number of anilines is 2. The number of amides is 1. The quantitative estimate of drug-likeness (QED) is 0.771. The van der Waals surface area contributed by atoms with Crippen LogP contribution >= 0.6 is 0 Å². The van der Waals surface area contributed by atoms with Gasteiger partial charge in [-0.2, -0.15) is 0 Å². The molecular weight excluding hydrogens is 319 g/mol. The maximum atomic E-state index is 13.1. The van der Waals surface area contributed by atoms with Gasteiger partial charge in [-0.3, -0.25) is 9.36 Å². The van der Waals surface area contributed by atoms with Crippen molar-refractivity contribution in [1.82, 2.24) is 9.55 Å². The van der Waals surface area contributed by atoms with E-state index in [0.29, 0.717) is 17.1 Å². The molecule has 1 N–H and O–H groups in total. The van der Waals surface area contributed by atoms with Gasteiger partial charge in [0.15, 0.2) is 0 Å². The van der Waals surface area contributed by atoms with E-state index in [1.165, 1.54) is 24.7 Å². The summed E-state index contributed by atoms with van der Waals surface area (Å²) in [5.41, 5.74) is 2.77. The molecule has 0 aliphatic carbocycles. The molecule has 1 amide bonds. The third kappa shape index (κ3) is 3.68. The van der Waals surface area contributed by atoms with Gasteiger partial charge in [-0.1, -0.05) is 6.07 Å². The van der Waals surface area contributed by atoms with E-state index in [9.17, 15) is 9.18 Å². The van der Waals surface area contributed by atoms with Crippen molar-refractivity contribution in [1.29, 1.82) is 0 Å². The number of halogens is 1. The van der Waals surface area contributed by atoms with E-state index in [1.807, 2.05) is 31.3 Å². The lowest BCUT2D eigenvalue weighted by Gasteiger charge is -2.17. The van der Waals surface area contributed by atoms with Crippen LogP contribution in [0.5, 0.6) is 0 Å². The van der Waals surface area contributed by atoms with Crippen LogP contribution in [0.25, 0.3) is 5.69 Å². The van der Waals surface area contributed by atoms with E-state index in [1.54, 1.807) is 16.7 Å². The predicted octanol–water partition coefficient (Wildman–Crippen LogP) is 3.72. The van der Waals surface area contributed by atoms with Gasteiger partial charge in [0, 0.05) is 30.7 Å². The van der Waals surface area contributed by atoms with Crippen LogP contribution in [0.1, 0.15) is 17.4 Å². The summed E-state index contributed by atoms with van der Waals surface area (Å²) < 4.78 is 14.7. The Morgan fingerprint density at radius 3 is 2.72 bits per heavy atom. The van der Waals surface area contributed by atoms with E-state index in [2.05, 4.69) is 22.1 Å². The van der Waals surface area contributed by atoms with Gasteiger partial charge < -0.3 is 10.2 Å². The molecule has 0 atom stereocenters. The number of aromatic nitrogens is 2. The molecule has 1 heterocycles. The molecule has 6 heteroatoms. The van der Waals surface area contributed by atoms with E-state index in [-0.39, 0.29) is 11.7 Å². The minimum absolute atomic E-state index is 0.280. The van der Waals surface area contributed by atoms with Gasteiger partial charge in [0.1, 0.15) is 11.5 Å². The summed E-state index contributed by atoms with van der Waals surface area (Å²) in [6.45, 7) is 2.93. The molecule has 0 spiro atoms. The first-order chi connectivity index (χ1) is 12.1. The first-order valence-electron chi connectivity index (χ1n) is 7.99. The summed E-state index contributed by atoms with van der Waals surface area (Å²) in [5, 5.41) is 2.88. The van der Waals surface area contributed by atoms with Crippen molar-refractivity contribution in [2.24, 2.45) is 0 Å². The smallest absolute Gasteiger partial charge is 0.274 e. The topological polar surface area (TPSA) is 50.2 Å². The van der Waals surface area contributed by atoms with Gasteiger partial charge in [-0.25, -0.2) is 9.37 Å². The Labute approximate surface area is 145 Å². The predicted molar refractivity (Wildman–Crippen MR) is 96.9 cm³/mol. The molecule has 0 aliphatic heterocycles. The Bertz CT molecular complexity index is 873. The molecule has 0 saturated carbocycles. The molecular formula is C19H19FN4O. The second kappa shape index (κ2) is 7.17. The van der Waals surface area contributed by atoms with Crippen LogP contribution in [0.3, 0.4) is 0 Å². The number of carbonyl (C=O) groups is 1. The highest BCUT2D eigenvalue weighted by Gasteiger charge is 2.14. The van der Waals surface area contributed by atoms with Gasteiger partial charge in [0.25, 0.3) is 5.91 Å². The first kappa shape index (κ1) is 16.7. The minimum Gasteiger partial charge on any atom is -0.375 e. The standard InChI is InChI=1S/C19H19FN4O/c1-3-23(2)17-6-4-5-15(11-17)22-19(25)18-12-21-13-24(18)16-9-7-14(20)8-10-16/h4-13H,3H2,1-2H3,(H,22,25). The Hall–Kier alpha value is -3.15. The molecule has 0 saturated heterocycles. The van der Waals surface area contributed by atoms with Gasteiger partial charge in [0.05, 0.1) is 12.5 Å². The zero-order valence-corrected chi connectivity index (χ0v) is 14.1. The van der Waals surface area contributed by atoms with Gasteiger partial charge in [-0.15, -0.1) is 0 Å². The highest BCUT2D eigenvalue weighted by molar-refractivity contribution is 6.03. The highest BCUT2D eigenvalue weighted by atomic mass is 19.1. The second-order valence-electron chi connectivity index (χ2n) is 5.64. The molecule has 5 nitrogen and oxygen atoms in total. The number of imidazole rings is 1. The minimum atomic E-state index is -0.327. The van der Waals surface area contributed by atoms with Crippen molar-refractivity contribution in [2.75, 3.05) is 23.8 Å². The normalized spacial score (nSPS) is 10.5. The molecule has 2 aromatic carbocycles. The molecule has 0 unspecified atom stereocenters. The van der Waals surface area contributed by atoms with Crippen molar-refractivity contribution in [3.63, 3.8) is 0 Å². The van der Waals surface area contributed by atoms with Crippen molar-refractivity contribution >= 4 is 17.3 Å². The van der Waals surface area contributed by atoms with E-state index in [4.69, 9.17) is 0 Å². The monoisotopic (exact) mass is 338 g/mol. The Balaban J connectivity index is 1.83. The summed E-state index contributed by atoms with van der Waals surface area (Å²) in [5.74, 6) is -0.607. The van der Waals surface area contributed by atoms with Gasteiger partial charge in [0.2, 0.25) is 0 Å². The Kier molecular flexibility index (Phi) is 4.79. The first-order valence-corrected chi connectivity index (χ1v) is 7.99. The number of carbonyl (C=O) groups excluding carboxylic acids is 1. The number of nitrogens with one attached hydrogen (secondary N) is 1. The zero-order chi connectivity index (χ0) is 17.8. The summed E-state index contributed by atoms with van der Waals surface area (Å²) in [6, 6.07) is 13.5. The molecule has 25 heavy (non-hydrogen) atoms. The number of benzene rings is 2. The Morgan fingerprint density at radius 2 is 2.00 bits per heavy atom. The zero-order valence-electron chi connectivity index (χ0n) is 14.1. The van der Waals surface area contributed by atoms with Crippen molar-refractivity contribution < 1.29 is 9.18 Å². The highest BCUT2D eigenvalue weighted by Crippen LogP contribution is 2.19. The second-order valence-corrected chi connectivity index (χ2v) is 5.64. The van der Waals surface area contributed by atoms with Crippen LogP contribution < -0.4 is 10.2 Å². The lowest BCUT2D eigenvalue weighted by Crippen LogP contribution is -2.18. The molecule has 3 aromatic rings. The number of nitrogens with zero attached hydrogens (tertiary/aromatic N) is 3. The van der Waals surface area contributed by atoms with Crippen molar-refractivity contribution in [2.45, 2.75) is 6.92 Å². The molecule has 0 bridgehead atoms. The summed E-state index contributed by atoms with van der Waals surface area (Å²) in [4.78, 5) is 18.8. The average Bonchev–Trinajstić information content (AvgIpc) is 3.12.